The summed E-state index contributed by atoms with van der Waals surface area (Å²) in [4.78, 5) is 13.2. The minimum atomic E-state index is -0.203. The summed E-state index contributed by atoms with van der Waals surface area (Å²) >= 11 is 3.79. The van der Waals surface area contributed by atoms with E-state index in [4.69, 9.17) is 0 Å². The van der Waals surface area contributed by atoms with Crippen LogP contribution in [0.1, 0.15) is 25.0 Å². The largest absolute Gasteiger partial charge is 0.272 e. The normalized spacial score (nSPS) is 12.8. The first-order chi connectivity index (χ1) is 11.0. The highest BCUT2D eigenvalue weighted by molar-refractivity contribution is 14.1. The zero-order chi connectivity index (χ0) is 16.8. The Morgan fingerprint density at radius 1 is 1.13 bits per heavy atom. The van der Waals surface area contributed by atoms with Crippen molar-refractivity contribution in [2.75, 3.05) is 0 Å². The maximum atomic E-state index is 12.2. The maximum absolute atomic E-state index is 12.2. The number of halogens is 1. The second-order valence-corrected chi connectivity index (χ2v) is 7.91. The molecular formula is C18H19IN2OS. The lowest BCUT2D eigenvalue weighted by atomic mass is 10.1. The predicted octanol–water partition coefficient (Wildman–Crippen LogP) is 4.62. The Morgan fingerprint density at radius 3 is 2.35 bits per heavy atom. The first kappa shape index (κ1) is 18.0. The number of carbonyl (C=O) groups excluding carboxylic acids is 1. The standard InChI is InChI=1S/C18H19IN2OS/c1-12-4-10-17(11-5-12)23-14(3)18(22)21-20-13(2)15-6-8-16(19)9-7-15/h4-11,14H,1-3H3,(H,21,22)/b20-13-/t14-/m0/s1. The van der Waals surface area contributed by atoms with Crippen LogP contribution in [0.25, 0.3) is 0 Å². The van der Waals surface area contributed by atoms with E-state index >= 15 is 0 Å². The number of hydrazone groups is 1. The molecule has 0 aliphatic heterocycles. The van der Waals surface area contributed by atoms with Crippen molar-refractivity contribution in [2.45, 2.75) is 30.9 Å². The van der Waals surface area contributed by atoms with Crippen molar-refractivity contribution in [1.29, 1.82) is 0 Å². The van der Waals surface area contributed by atoms with E-state index in [0.29, 0.717) is 0 Å². The monoisotopic (exact) mass is 438 g/mol. The number of amides is 1. The molecule has 0 fully saturated rings. The summed E-state index contributed by atoms with van der Waals surface area (Å²) in [6.07, 6.45) is 0. The molecule has 1 N–H and O–H groups in total. The van der Waals surface area contributed by atoms with Gasteiger partial charge < -0.3 is 0 Å². The first-order valence-corrected chi connectivity index (χ1v) is 9.25. The van der Waals surface area contributed by atoms with E-state index in [0.717, 1.165) is 16.2 Å². The van der Waals surface area contributed by atoms with E-state index in [1.807, 2.05) is 69.3 Å². The summed E-state index contributed by atoms with van der Waals surface area (Å²) in [5.41, 5.74) is 5.66. The average molecular weight is 438 g/mol. The minimum absolute atomic E-state index is 0.0968. The Morgan fingerprint density at radius 2 is 1.74 bits per heavy atom. The van der Waals surface area contributed by atoms with Crippen molar-refractivity contribution in [3.8, 4) is 0 Å². The van der Waals surface area contributed by atoms with Gasteiger partial charge in [-0.3, -0.25) is 4.79 Å². The van der Waals surface area contributed by atoms with E-state index in [2.05, 4.69) is 33.1 Å². The molecule has 2 rings (SSSR count). The number of nitrogens with one attached hydrogen (secondary N) is 1. The Hall–Kier alpha value is -1.34. The molecule has 2 aromatic rings. The summed E-state index contributed by atoms with van der Waals surface area (Å²) in [5, 5.41) is 4.00. The number of benzene rings is 2. The first-order valence-electron chi connectivity index (χ1n) is 7.29. The molecule has 0 saturated heterocycles. The summed E-state index contributed by atoms with van der Waals surface area (Å²) in [7, 11) is 0. The van der Waals surface area contributed by atoms with Crippen LogP contribution in [0.15, 0.2) is 58.5 Å². The highest BCUT2D eigenvalue weighted by Crippen LogP contribution is 2.23. The van der Waals surface area contributed by atoms with Crippen LogP contribution in [-0.2, 0) is 4.79 Å². The van der Waals surface area contributed by atoms with Gasteiger partial charge in [0.05, 0.1) is 11.0 Å². The second-order valence-electron chi connectivity index (χ2n) is 5.25. The van der Waals surface area contributed by atoms with E-state index in [-0.39, 0.29) is 11.2 Å². The number of rotatable bonds is 5. The van der Waals surface area contributed by atoms with Crippen molar-refractivity contribution in [3.05, 3.63) is 63.2 Å². The quantitative estimate of drug-likeness (QED) is 0.320. The van der Waals surface area contributed by atoms with Crippen molar-refractivity contribution < 1.29 is 4.79 Å². The number of carbonyl (C=O) groups is 1. The van der Waals surface area contributed by atoms with Crippen LogP contribution in [0, 0.1) is 10.5 Å². The Labute approximate surface area is 155 Å². The van der Waals surface area contributed by atoms with Crippen LogP contribution < -0.4 is 5.43 Å². The minimum Gasteiger partial charge on any atom is -0.272 e. The molecule has 0 aromatic heterocycles. The van der Waals surface area contributed by atoms with Gasteiger partial charge >= 0.3 is 0 Å². The molecule has 0 aliphatic rings. The molecule has 2 aromatic carbocycles. The van der Waals surface area contributed by atoms with Crippen LogP contribution in [0.3, 0.4) is 0 Å². The molecule has 120 valence electrons. The Bertz CT molecular complexity index is 696. The van der Waals surface area contributed by atoms with Gasteiger partial charge in [0.15, 0.2) is 0 Å². The van der Waals surface area contributed by atoms with Gasteiger partial charge in [0.2, 0.25) is 0 Å². The van der Waals surface area contributed by atoms with E-state index < -0.39 is 0 Å². The SMILES string of the molecule is C/C(=N/NC(=O)[C@H](C)Sc1ccc(C)cc1)c1ccc(I)cc1. The van der Waals surface area contributed by atoms with Crippen LogP contribution in [0.2, 0.25) is 0 Å². The number of nitrogens with zero attached hydrogens (tertiary/aromatic N) is 1. The molecule has 0 heterocycles. The zero-order valence-electron chi connectivity index (χ0n) is 13.3. The molecule has 0 bridgehead atoms. The summed E-state index contributed by atoms with van der Waals surface area (Å²) in [6, 6.07) is 16.2. The Balaban J connectivity index is 1.93. The van der Waals surface area contributed by atoms with Gasteiger partial charge in [-0.25, -0.2) is 5.43 Å². The fourth-order valence-corrected chi connectivity index (χ4v) is 3.08. The van der Waals surface area contributed by atoms with Crippen LogP contribution in [0.5, 0.6) is 0 Å². The third-order valence-electron chi connectivity index (χ3n) is 3.30. The van der Waals surface area contributed by atoms with Crippen molar-refractivity contribution in [1.82, 2.24) is 5.43 Å². The van der Waals surface area contributed by atoms with Gasteiger partial charge in [-0.15, -0.1) is 11.8 Å². The highest BCUT2D eigenvalue weighted by atomic mass is 127. The van der Waals surface area contributed by atoms with Gasteiger partial charge in [-0.2, -0.15) is 5.10 Å². The van der Waals surface area contributed by atoms with Gasteiger partial charge in [-0.1, -0.05) is 29.8 Å². The van der Waals surface area contributed by atoms with Gasteiger partial charge in [0, 0.05) is 8.47 Å². The third kappa shape index (κ3) is 5.66. The van der Waals surface area contributed by atoms with E-state index in [1.54, 1.807) is 0 Å². The van der Waals surface area contributed by atoms with Crippen LogP contribution >= 0.6 is 34.4 Å². The molecule has 1 atom stereocenters. The summed E-state index contributed by atoms with van der Waals surface area (Å²) in [5.74, 6) is -0.0968. The second kappa shape index (κ2) is 8.49. The molecule has 3 nitrogen and oxygen atoms in total. The average Bonchev–Trinajstić information content (AvgIpc) is 2.55. The van der Waals surface area contributed by atoms with Crippen LogP contribution in [-0.4, -0.2) is 16.9 Å². The molecule has 0 radical (unpaired) electrons. The molecule has 23 heavy (non-hydrogen) atoms. The highest BCUT2D eigenvalue weighted by Gasteiger charge is 2.13. The number of hydrogen-bond acceptors (Lipinski definition) is 3. The lowest BCUT2D eigenvalue weighted by Gasteiger charge is -2.10. The fraction of sp³-hybridized carbons (Fsp3) is 0.222. The molecule has 0 aliphatic carbocycles. The number of aryl methyl sites for hydroxylation is 1. The smallest absolute Gasteiger partial charge is 0.253 e. The Kier molecular flexibility index (Phi) is 6.65. The van der Waals surface area contributed by atoms with Crippen molar-refractivity contribution in [2.24, 2.45) is 5.10 Å². The molecular weight excluding hydrogens is 419 g/mol. The predicted molar refractivity (Wildman–Crippen MR) is 106 cm³/mol. The summed E-state index contributed by atoms with van der Waals surface area (Å²) < 4.78 is 1.17. The lowest BCUT2D eigenvalue weighted by Crippen LogP contribution is -2.27. The van der Waals surface area contributed by atoms with Gasteiger partial charge in [0.25, 0.3) is 5.91 Å². The van der Waals surface area contributed by atoms with Crippen molar-refractivity contribution >= 4 is 46.0 Å². The molecule has 0 unspecified atom stereocenters. The maximum Gasteiger partial charge on any atom is 0.253 e. The lowest BCUT2D eigenvalue weighted by molar-refractivity contribution is -0.120. The fourth-order valence-electron chi connectivity index (χ4n) is 1.86. The summed E-state index contributed by atoms with van der Waals surface area (Å²) in [6.45, 7) is 5.82. The molecule has 1 amide bonds. The number of hydrogen-bond donors (Lipinski definition) is 1. The van der Waals surface area contributed by atoms with E-state index in [1.165, 1.54) is 20.9 Å². The third-order valence-corrected chi connectivity index (χ3v) is 5.13. The number of thioether (sulfide) groups is 1. The molecule has 0 saturated carbocycles. The van der Waals surface area contributed by atoms with E-state index in [9.17, 15) is 4.79 Å². The van der Waals surface area contributed by atoms with Gasteiger partial charge in [-0.05, 0) is 73.2 Å². The zero-order valence-corrected chi connectivity index (χ0v) is 16.3. The van der Waals surface area contributed by atoms with Crippen LogP contribution in [0.4, 0.5) is 0 Å². The van der Waals surface area contributed by atoms with Gasteiger partial charge in [0.1, 0.15) is 0 Å². The topological polar surface area (TPSA) is 41.5 Å². The molecule has 0 spiro atoms. The molecule has 5 heteroatoms. The van der Waals surface area contributed by atoms with Crippen molar-refractivity contribution in [3.63, 3.8) is 0 Å².